The maximum Gasteiger partial charge on any atom is 0.494 e. The number of pyridine rings is 4. The minimum absolute atomic E-state index is 0. The van der Waals surface area contributed by atoms with Crippen LogP contribution >= 0.6 is 15.9 Å². The van der Waals surface area contributed by atoms with E-state index >= 15 is 0 Å². The Morgan fingerprint density at radius 2 is 1.07 bits per heavy atom. The molecule has 0 bridgehead atoms. The van der Waals surface area contributed by atoms with E-state index in [0.29, 0.717) is 17.8 Å². The van der Waals surface area contributed by atoms with Crippen molar-refractivity contribution in [3.8, 4) is 11.1 Å². The van der Waals surface area contributed by atoms with E-state index in [2.05, 4.69) is 125 Å². The van der Waals surface area contributed by atoms with Gasteiger partial charge in [0.15, 0.2) is 11.6 Å². The fourth-order valence-corrected chi connectivity index (χ4v) is 12.1. The van der Waals surface area contributed by atoms with Crippen LogP contribution < -0.4 is 36.5 Å². The van der Waals surface area contributed by atoms with Gasteiger partial charge in [-0.1, -0.05) is 31.0 Å². The van der Waals surface area contributed by atoms with Crippen molar-refractivity contribution in [2.24, 2.45) is 0 Å². The Labute approximate surface area is 448 Å². The number of hydrogen-bond acceptors (Lipinski definition) is 14. The number of carbonyl (C=O) groups is 2. The third kappa shape index (κ3) is 8.48. The number of benzene rings is 2. The molecular formula is C56H70BBrN12O5. The lowest BCUT2D eigenvalue weighted by Crippen LogP contribution is -2.57. The Kier molecular flexibility index (Phi) is 13.3. The highest BCUT2D eigenvalue weighted by Gasteiger charge is 2.56. The maximum absolute atomic E-state index is 13.1. The summed E-state index contributed by atoms with van der Waals surface area (Å²) in [6.07, 6.45) is 13.2. The summed E-state index contributed by atoms with van der Waals surface area (Å²) >= 11 is 3.35. The minimum Gasteiger partial charge on any atom is -0.412 e. The van der Waals surface area contributed by atoms with Crippen LogP contribution in [0, 0.1) is 0 Å². The summed E-state index contributed by atoms with van der Waals surface area (Å²) in [4.78, 5) is 56.8. The van der Waals surface area contributed by atoms with Crippen molar-refractivity contribution in [3.05, 3.63) is 88.9 Å². The van der Waals surface area contributed by atoms with Crippen molar-refractivity contribution in [2.75, 3.05) is 99.5 Å². The molecule has 7 aliphatic rings. The Morgan fingerprint density at radius 3 is 1.51 bits per heavy atom. The summed E-state index contributed by atoms with van der Waals surface area (Å²) in [6, 6.07) is 17.5. The predicted octanol–water partition coefficient (Wildman–Crippen LogP) is 6.31. The SMILES string of the molecule is CN(C)C1CN(c2ncc(Br)cc2N)C1.CN1C(=O)C2(CCC2)c2c1cnc1ccc(-c3cnc(N4CC(N(C)C)C4)c(N)c3)cc21.CN1C(=O)C2(CCC2)c2c1cnc1ccc(B3OC(C)(C)C(C)(C)O3)cc21.O. The van der Waals surface area contributed by atoms with Gasteiger partial charge in [0.2, 0.25) is 11.8 Å². The number of anilines is 6. The summed E-state index contributed by atoms with van der Waals surface area (Å²) in [5.41, 5.74) is 21.3. The van der Waals surface area contributed by atoms with Crippen molar-refractivity contribution >= 4 is 96.5 Å². The smallest absolute Gasteiger partial charge is 0.412 e. The second-order valence-corrected chi connectivity index (χ2v) is 23.9. The average molecular weight is 1080 g/mol. The molecule has 2 amide bonds. The summed E-state index contributed by atoms with van der Waals surface area (Å²) in [5, 5.41) is 2.12. The van der Waals surface area contributed by atoms with E-state index in [9.17, 15) is 9.59 Å². The maximum atomic E-state index is 13.1. The molecule has 0 atom stereocenters. The molecule has 75 heavy (non-hydrogen) atoms. The van der Waals surface area contributed by atoms with Crippen LogP contribution in [0.1, 0.15) is 77.3 Å². The summed E-state index contributed by atoms with van der Waals surface area (Å²) < 4.78 is 13.4. The topological polar surface area (TPSA) is 207 Å². The van der Waals surface area contributed by atoms with Crippen molar-refractivity contribution < 1.29 is 24.4 Å². The first-order chi connectivity index (χ1) is 35.1. The number of likely N-dealkylation sites (N-methyl/N-ethyl adjacent to an activating group) is 4. The van der Waals surface area contributed by atoms with Gasteiger partial charge in [-0.3, -0.25) is 19.6 Å². The lowest BCUT2D eigenvalue weighted by atomic mass is 9.64. The standard InChI is InChI=1S/C25H28N6O.C21H25BN2O3.C10H15BrN4.H2O/c1-29(2)17-13-31(14-17)23-19(26)10-16(11-28-23)15-5-6-20-18(9-15)22-21(12-27-20)30(3)24(32)25(22)7-4-8-25;1-19(2)20(3,4)27-22(26-19)13-7-8-15-14(11-13)17-16(12-23-15)24(5)18(25)21(17)9-6-10-21;1-14(2)8-5-15(6-8)10-9(12)3-7(11)4-13-10;/h5-6,9-12,17H,4,7-8,13-14,26H2,1-3H3;7-8,11-12H,6,9-10H2,1-5H3;3-4,8H,5-6,12H2,1-2H3;1H2. The molecule has 0 unspecified atom stereocenters. The number of fused-ring (bicyclic) bond motifs is 8. The second-order valence-electron chi connectivity index (χ2n) is 23.0. The molecule has 2 saturated carbocycles. The highest BCUT2D eigenvalue weighted by molar-refractivity contribution is 9.10. The van der Waals surface area contributed by atoms with Gasteiger partial charge >= 0.3 is 7.12 Å². The molecule has 19 heteroatoms. The third-order valence-corrected chi connectivity index (χ3v) is 18.1. The molecule has 2 aliphatic carbocycles. The molecule has 6 aromatic rings. The lowest BCUT2D eigenvalue weighted by molar-refractivity contribution is -0.126. The number of nitrogens with two attached hydrogens (primary N) is 2. The Hall–Kier alpha value is -5.96. The summed E-state index contributed by atoms with van der Waals surface area (Å²) in [5.74, 6) is 2.17. The fraction of sp³-hybridized carbons (Fsp3) is 0.464. The Balaban J connectivity index is 0.000000135. The first-order valence-corrected chi connectivity index (χ1v) is 26.7. The van der Waals surface area contributed by atoms with Crippen LogP contribution in [0.25, 0.3) is 32.9 Å². The van der Waals surface area contributed by atoms with E-state index in [-0.39, 0.29) is 39.3 Å². The average Bonchev–Trinajstić information content (AvgIpc) is 3.81. The van der Waals surface area contributed by atoms with Crippen LogP contribution in [0.5, 0.6) is 0 Å². The van der Waals surface area contributed by atoms with E-state index in [1.54, 1.807) is 16.0 Å². The number of aromatic nitrogens is 4. The normalized spacial score (nSPS) is 20.6. The van der Waals surface area contributed by atoms with E-state index in [1.165, 1.54) is 0 Å². The van der Waals surface area contributed by atoms with Crippen molar-refractivity contribution in [1.29, 1.82) is 0 Å². The molecule has 2 spiro atoms. The lowest BCUT2D eigenvalue weighted by Gasteiger charge is -2.43. The summed E-state index contributed by atoms with van der Waals surface area (Å²) in [6.45, 7) is 12.1. The van der Waals surface area contributed by atoms with Crippen LogP contribution in [0.2, 0.25) is 0 Å². The summed E-state index contributed by atoms with van der Waals surface area (Å²) in [7, 11) is 11.7. The first kappa shape index (κ1) is 52.5. The van der Waals surface area contributed by atoms with E-state index in [1.807, 2.05) is 63.0 Å². The molecule has 5 aliphatic heterocycles. The van der Waals surface area contributed by atoms with Crippen LogP contribution in [0.4, 0.5) is 34.4 Å². The van der Waals surface area contributed by atoms with E-state index in [0.717, 1.165) is 147 Å². The molecule has 394 valence electrons. The Morgan fingerprint density at radius 1 is 0.613 bits per heavy atom. The zero-order chi connectivity index (χ0) is 52.4. The van der Waals surface area contributed by atoms with Crippen molar-refractivity contribution in [2.45, 2.75) is 100 Å². The van der Waals surface area contributed by atoms with Gasteiger partial charge in [-0.05, 0) is 139 Å². The predicted molar refractivity (Wildman–Crippen MR) is 304 cm³/mol. The van der Waals surface area contributed by atoms with Crippen molar-refractivity contribution in [1.82, 2.24) is 29.7 Å². The first-order valence-electron chi connectivity index (χ1n) is 25.9. The second kappa shape index (κ2) is 19.0. The largest absolute Gasteiger partial charge is 0.494 e. The van der Waals surface area contributed by atoms with E-state index in [4.69, 9.17) is 25.8 Å². The highest BCUT2D eigenvalue weighted by Crippen LogP contribution is 2.56. The molecule has 17 nitrogen and oxygen atoms in total. The number of nitrogen functional groups attached to an aromatic ring is 2. The van der Waals surface area contributed by atoms with Crippen LogP contribution in [-0.4, -0.2) is 146 Å². The monoisotopic (exact) mass is 1080 g/mol. The molecule has 2 aromatic carbocycles. The van der Waals surface area contributed by atoms with Gasteiger partial charge < -0.3 is 55.7 Å². The number of halogens is 1. The van der Waals surface area contributed by atoms with Gasteiger partial charge in [-0.25, -0.2) is 9.97 Å². The van der Waals surface area contributed by atoms with Gasteiger partial charge in [0, 0.05) is 96.7 Å². The zero-order valence-corrected chi connectivity index (χ0v) is 46.5. The van der Waals surface area contributed by atoms with Gasteiger partial charge in [-0.2, -0.15) is 0 Å². The fourth-order valence-electron chi connectivity index (χ4n) is 11.8. The molecule has 5 fully saturated rings. The molecule has 6 N–H and O–H groups in total. The molecule has 13 rings (SSSR count). The number of carbonyl (C=O) groups excluding carboxylic acids is 2. The zero-order valence-electron chi connectivity index (χ0n) is 44.9. The minimum atomic E-state index is -0.414. The Bertz CT molecular complexity index is 3230. The molecule has 9 heterocycles. The molecular weight excluding hydrogens is 1010 g/mol. The quantitative estimate of drug-likeness (QED) is 0.175. The number of hydrogen-bond donors (Lipinski definition) is 2. The highest BCUT2D eigenvalue weighted by atomic mass is 79.9. The molecule has 4 aromatic heterocycles. The van der Waals surface area contributed by atoms with Gasteiger partial charge in [0.1, 0.15) is 0 Å². The number of amides is 2. The number of rotatable bonds is 6. The molecule has 3 saturated heterocycles. The number of nitrogens with zero attached hydrogens (tertiary/aromatic N) is 10. The van der Waals surface area contributed by atoms with Crippen LogP contribution in [0.3, 0.4) is 0 Å². The van der Waals surface area contributed by atoms with Gasteiger partial charge in [0.05, 0.1) is 68.2 Å². The third-order valence-electron chi connectivity index (χ3n) is 17.6. The van der Waals surface area contributed by atoms with E-state index < -0.39 is 7.12 Å². The van der Waals surface area contributed by atoms with Crippen LogP contribution in [0.15, 0.2) is 77.8 Å². The van der Waals surface area contributed by atoms with Gasteiger partial charge in [-0.15, -0.1) is 0 Å². The van der Waals surface area contributed by atoms with Crippen molar-refractivity contribution in [3.63, 3.8) is 0 Å². The van der Waals surface area contributed by atoms with Crippen LogP contribution in [-0.2, 0) is 29.7 Å². The van der Waals surface area contributed by atoms with Gasteiger partial charge in [0.25, 0.3) is 0 Å². The molecule has 0 radical (unpaired) electrons.